The monoisotopic (exact) mass is 204 g/mol. The zero-order chi connectivity index (χ0) is 9.54. The van der Waals surface area contributed by atoms with E-state index in [4.69, 9.17) is 0 Å². The Morgan fingerprint density at radius 1 is 1.36 bits per heavy atom. The quantitative estimate of drug-likeness (QED) is 0.656. The highest BCUT2D eigenvalue weighted by atomic mass is 32.1. The standard InChI is InChI=1S/C10H8N2OS/c13-6-1-2-7-8-4-11-5-12-10(8)14-9(7)3-6/h4-5H,1-3H2. The van der Waals surface area contributed by atoms with E-state index in [1.165, 1.54) is 10.4 Å². The van der Waals surface area contributed by atoms with Crippen molar-refractivity contribution in [2.45, 2.75) is 19.3 Å². The molecular weight excluding hydrogens is 196 g/mol. The number of carbonyl (C=O) groups excluding carboxylic acids is 1. The maximum Gasteiger partial charge on any atom is 0.138 e. The van der Waals surface area contributed by atoms with Crippen LogP contribution in [0.1, 0.15) is 16.9 Å². The number of hydrogen-bond acceptors (Lipinski definition) is 4. The molecule has 0 radical (unpaired) electrons. The van der Waals surface area contributed by atoms with E-state index < -0.39 is 0 Å². The van der Waals surface area contributed by atoms with Gasteiger partial charge in [0.15, 0.2) is 0 Å². The molecule has 0 atom stereocenters. The Morgan fingerprint density at radius 3 is 3.21 bits per heavy atom. The van der Waals surface area contributed by atoms with E-state index in [-0.39, 0.29) is 0 Å². The predicted molar refractivity (Wildman–Crippen MR) is 54.4 cm³/mol. The summed E-state index contributed by atoms with van der Waals surface area (Å²) in [4.78, 5) is 21.7. The second kappa shape index (κ2) is 2.85. The van der Waals surface area contributed by atoms with Crippen LogP contribution in [0.5, 0.6) is 0 Å². The van der Waals surface area contributed by atoms with E-state index in [0.717, 1.165) is 16.6 Å². The number of ketones is 1. The summed E-state index contributed by atoms with van der Waals surface area (Å²) in [5.41, 5.74) is 1.30. The lowest BCUT2D eigenvalue weighted by molar-refractivity contribution is -0.118. The average Bonchev–Trinajstić information content (AvgIpc) is 2.54. The van der Waals surface area contributed by atoms with E-state index >= 15 is 0 Å². The predicted octanol–water partition coefficient (Wildman–Crippen LogP) is 1.75. The van der Waals surface area contributed by atoms with Gasteiger partial charge >= 0.3 is 0 Å². The van der Waals surface area contributed by atoms with Gasteiger partial charge in [-0.2, -0.15) is 0 Å². The zero-order valence-corrected chi connectivity index (χ0v) is 8.30. The molecule has 3 rings (SSSR count). The number of aryl methyl sites for hydroxylation is 1. The van der Waals surface area contributed by atoms with Crippen LogP contribution in [0.15, 0.2) is 12.5 Å². The van der Waals surface area contributed by atoms with Crippen LogP contribution in [0, 0.1) is 0 Å². The fourth-order valence-corrected chi connectivity index (χ4v) is 3.07. The first-order chi connectivity index (χ1) is 6.84. The van der Waals surface area contributed by atoms with Gasteiger partial charge in [0.1, 0.15) is 16.9 Å². The topological polar surface area (TPSA) is 42.9 Å². The van der Waals surface area contributed by atoms with Crippen LogP contribution in [0.3, 0.4) is 0 Å². The van der Waals surface area contributed by atoms with Gasteiger partial charge in [-0.05, 0) is 12.0 Å². The van der Waals surface area contributed by atoms with E-state index in [1.54, 1.807) is 17.7 Å². The maximum absolute atomic E-state index is 11.3. The minimum absolute atomic E-state index is 0.344. The lowest BCUT2D eigenvalue weighted by Gasteiger charge is -2.08. The molecule has 0 fully saturated rings. The van der Waals surface area contributed by atoms with Gasteiger partial charge < -0.3 is 0 Å². The van der Waals surface area contributed by atoms with E-state index in [9.17, 15) is 4.79 Å². The number of rotatable bonds is 0. The SMILES string of the molecule is O=C1CCc2c(sc3ncncc23)C1. The van der Waals surface area contributed by atoms with Crippen molar-refractivity contribution in [3.8, 4) is 0 Å². The minimum Gasteiger partial charge on any atom is -0.299 e. The normalized spacial score (nSPS) is 15.9. The molecule has 14 heavy (non-hydrogen) atoms. The van der Waals surface area contributed by atoms with Crippen molar-refractivity contribution in [2.24, 2.45) is 0 Å². The Labute approximate surface area is 84.8 Å². The highest BCUT2D eigenvalue weighted by Crippen LogP contribution is 2.33. The smallest absolute Gasteiger partial charge is 0.138 e. The number of carbonyl (C=O) groups is 1. The van der Waals surface area contributed by atoms with Crippen LogP contribution in [-0.4, -0.2) is 15.8 Å². The Hall–Kier alpha value is -1.29. The number of nitrogens with zero attached hydrogens (tertiary/aromatic N) is 2. The van der Waals surface area contributed by atoms with E-state index in [0.29, 0.717) is 18.6 Å². The molecule has 0 spiro atoms. The molecular formula is C10H8N2OS. The van der Waals surface area contributed by atoms with Crippen LogP contribution in [0.25, 0.3) is 10.2 Å². The van der Waals surface area contributed by atoms with Crippen molar-refractivity contribution < 1.29 is 4.79 Å². The van der Waals surface area contributed by atoms with Crippen molar-refractivity contribution in [1.29, 1.82) is 0 Å². The molecule has 4 heteroatoms. The summed E-state index contributed by atoms with van der Waals surface area (Å²) >= 11 is 1.63. The molecule has 2 aromatic rings. The number of hydrogen-bond donors (Lipinski definition) is 0. The fourth-order valence-electron chi connectivity index (χ4n) is 1.88. The first-order valence-corrected chi connectivity index (χ1v) is 5.38. The summed E-state index contributed by atoms with van der Waals surface area (Å²) in [7, 11) is 0. The van der Waals surface area contributed by atoms with Crippen LogP contribution in [0.2, 0.25) is 0 Å². The largest absolute Gasteiger partial charge is 0.299 e. The van der Waals surface area contributed by atoms with Crippen molar-refractivity contribution in [3.05, 3.63) is 23.0 Å². The molecule has 70 valence electrons. The molecule has 2 heterocycles. The van der Waals surface area contributed by atoms with Crippen molar-refractivity contribution in [2.75, 3.05) is 0 Å². The maximum atomic E-state index is 11.3. The van der Waals surface area contributed by atoms with Gasteiger partial charge in [-0.15, -0.1) is 11.3 Å². The summed E-state index contributed by atoms with van der Waals surface area (Å²) in [5, 5.41) is 1.14. The molecule has 2 aromatic heterocycles. The Morgan fingerprint density at radius 2 is 2.29 bits per heavy atom. The van der Waals surface area contributed by atoms with Gasteiger partial charge in [0.25, 0.3) is 0 Å². The Balaban J connectivity index is 2.29. The lowest BCUT2D eigenvalue weighted by Crippen LogP contribution is -2.10. The lowest BCUT2D eigenvalue weighted by atomic mass is 9.96. The highest BCUT2D eigenvalue weighted by molar-refractivity contribution is 7.19. The summed E-state index contributed by atoms with van der Waals surface area (Å²) in [6.07, 6.45) is 5.55. The molecule has 0 saturated carbocycles. The van der Waals surface area contributed by atoms with Crippen LogP contribution < -0.4 is 0 Å². The molecule has 0 saturated heterocycles. The number of fused-ring (bicyclic) bond motifs is 3. The fraction of sp³-hybridized carbons (Fsp3) is 0.300. The first kappa shape index (κ1) is 8.05. The molecule has 1 aliphatic rings. The molecule has 0 N–H and O–H groups in total. The molecule has 3 nitrogen and oxygen atoms in total. The second-order valence-corrected chi connectivity index (χ2v) is 4.54. The third kappa shape index (κ3) is 1.07. The van der Waals surface area contributed by atoms with E-state index in [2.05, 4.69) is 9.97 Å². The molecule has 0 aliphatic heterocycles. The van der Waals surface area contributed by atoms with Crippen molar-refractivity contribution in [1.82, 2.24) is 9.97 Å². The van der Waals surface area contributed by atoms with Gasteiger partial charge in [0, 0.05) is 29.3 Å². The van der Waals surface area contributed by atoms with Gasteiger partial charge in [-0.1, -0.05) is 0 Å². The minimum atomic E-state index is 0.344. The van der Waals surface area contributed by atoms with Crippen LogP contribution >= 0.6 is 11.3 Å². The number of Topliss-reactive ketones (excluding diaryl/α,β-unsaturated/α-hetero) is 1. The van der Waals surface area contributed by atoms with Gasteiger partial charge in [-0.3, -0.25) is 4.79 Å². The first-order valence-electron chi connectivity index (χ1n) is 4.56. The Bertz CT molecular complexity index is 518. The Kier molecular flexibility index (Phi) is 1.64. The van der Waals surface area contributed by atoms with Gasteiger partial charge in [-0.25, -0.2) is 9.97 Å². The van der Waals surface area contributed by atoms with Crippen LogP contribution in [-0.2, 0) is 17.6 Å². The van der Waals surface area contributed by atoms with Gasteiger partial charge in [0.05, 0.1) is 0 Å². The van der Waals surface area contributed by atoms with Crippen LogP contribution in [0.4, 0.5) is 0 Å². The number of aromatic nitrogens is 2. The summed E-state index contributed by atoms with van der Waals surface area (Å²) in [6.45, 7) is 0. The average molecular weight is 204 g/mol. The molecule has 0 aromatic carbocycles. The summed E-state index contributed by atoms with van der Waals surface area (Å²) in [6, 6.07) is 0. The zero-order valence-electron chi connectivity index (χ0n) is 7.49. The third-order valence-corrected chi connectivity index (χ3v) is 3.72. The van der Waals surface area contributed by atoms with Crippen molar-refractivity contribution >= 4 is 27.3 Å². The third-order valence-electron chi connectivity index (χ3n) is 2.57. The van der Waals surface area contributed by atoms with Gasteiger partial charge in [0.2, 0.25) is 0 Å². The van der Waals surface area contributed by atoms with E-state index in [1.807, 2.05) is 6.20 Å². The molecule has 0 bridgehead atoms. The van der Waals surface area contributed by atoms with Crippen molar-refractivity contribution in [3.63, 3.8) is 0 Å². The highest BCUT2D eigenvalue weighted by Gasteiger charge is 2.20. The second-order valence-electron chi connectivity index (χ2n) is 3.46. The summed E-state index contributed by atoms with van der Waals surface area (Å²) in [5.74, 6) is 0.344. The number of thiophene rings is 1. The molecule has 0 amide bonds. The summed E-state index contributed by atoms with van der Waals surface area (Å²) < 4.78 is 0. The molecule has 1 aliphatic carbocycles. The molecule has 0 unspecified atom stereocenters.